The highest BCUT2D eigenvalue weighted by Crippen LogP contribution is 2.26. The van der Waals surface area contributed by atoms with E-state index in [4.69, 9.17) is 0 Å². The average Bonchev–Trinajstić information content (AvgIpc) is 2.70. The highest BCUT2D eigenvalue weighted by Gasteiger charge is 2.27. The molecular formula is C22H26N2O3. The van der Waals surface area contributed by atoms with Crippen molar-refractivity contribution >= 4 is 17.5 Å². The molecule has 2 aromatic rings. The number of rotatable bonds is 5. The average molecular weight is 366 g/mol. The molecule has 1 aliphatic rings. The number of aryl methyl sites for hydroxylation is 2. The number of carbonyl (C=O) groups is 2. The molecule has 1 heterocycles. The van der Waals surface area contributed by atoms with Crippen LogP contribution in [0.1, 0.15) is 30.4 Å². The third-order valence-corrected chi connectivity index (χ3v) is 5.10. The zero-order chi connectivity index (χ0) is 19.2. The van der Waals surface area contributed by atoms with Crippen LogP contribution >= 0.6 is 0 Å². The molecule has 1 aliphatic heterocycles. The fourth-order valence-electron chi connectivity index (χ4n) is 3.43. The van der Waals surface area contributed by atoms with Crippen LogP contribution in [0.15, 0.2) is 48.5 Å². The van der Waals surface area contributed by atoms with Gasteiger partial charge in [0.1, 0.15) is 5.75 Å². The molecule has 0 radical (unpaired) electrons. The van der Waals surface area contributed by atoms with Crippen LogP contribution in [-0.2, 0) is 16.0 Å². The van der Waals surface area contributed by atoms with Gasteiger partial charge in [-0.15, -0.1) is 0 Å². The lowest BCUT2D eigenvalue weighted by Crippen LogP contribution is -2.41. The number of benzene rings is 2. The minimum absolute atomic E-state index is 0.0717. The molecule has 2 N–H and O–H groups in total. The Labute approximate surface area is 160 Å². The van der Waals surface area contributed by atoms with Gasteiger partial charge in [-0.3, -0.25) is 9.59 Å². The zero-order valence-electron chi connectivity index (χ0n) is 15.6. The van der Waals surface area contributed by atoms with Crippen LogP contribution in [0, 0.1) is 12.8 Å². The summed E-state index contributed by atoms with van der Waals surface area (Å²) in [5.41, 5.74) is 2.58. The van der Waals surface area contributed by atoms with Gasteiger partial charge in [-0.25, -0.2) is 0 Å². The summed E-state index contributed by atoms with van der Waals surface area (Å²) in [6.07, 6.45) is 2.54. The Bertz CT molecular complexity index is 796. The van der Waals surface area contributed by atoms with Gasteiger partial charge in [0.05, 0.1) is 5.69 Å². The minimum atomic E-state index is -0.136. The van der Waals surface area contributed by atoms with Crippen LogP contribution in [-0.4, -0.2) is 34.9 Å². The summed E-state index contributed by atoms with van der Waals surface area (Å²) in [6.45, 7) is 3.12. The van der Waals surface area contributed by atoms with Crippen molar-refractivity contribution in [3.63, 3.8) is 0 Å². The molecule has 27 heavy (non-hydrogen) atoms. The van der Waals surface area contributed by atoms with Crippen LogP contribution in [0.25, 0.3) is 0 Å². The van der Waals surface area contributed by atoms with Gasteiger partial charge < -0.3 is 15.3 Å². The Kier molecular flexibility index (Phi) is 6.12. The highest BCUT2D eigenvalue weighted by molar-refractivity contribution is 5.94. The fraction of sp³-hybridized carbons (Fsp3) is 0.364. The first kappa shape index (κ1) is 19.0. The van der Waals surface area contributed by atoms with E-state index in [0.717, 1.165) is 17.5 Å². The molecule has 0 unspecified atom stereocenters. The van der Waals surface area contributed by atoms with Crippen molar-refractivity contribution in [2.75, 3.05) is 18.4 Å². The van der Waals surface area contributed by atoms with Crippen molar-refractivity contribution in [3.05, 3.63) is 59.7 Å². The number of hydrogen-bond acceptors (Lipinski definition) is 3. The van der Waals surface area contributed by atoms with Crippen molar-refractivity contribution in [2.45, 2.75) is 32.6 Å². The zero-order valence-corrected chi connectivity index (χ0v) is 15.6. The second-order valence-corrected chi connectivity index (χ2v) is 7.15. The largest absolute Gasteiger partial charge is 0.506 e. The second kappa shape index (κ2) is 8.71. The lowest BCUT2D eigenvalue weighted by atomic mass is 9.95. The van der Waals surface area contributed by atoms with Gasteiger partial charge in [-0.05, 0) is 49.4 Å². The lowest BCUT2D eigenvalue weighted by molar-refractivity contribution is -0.134. The first-order valence-electron chi connectivity index (χ1n) is 9.45. The van der Waals surface area contributed by atoms with Crippen LogP contribution in [0.2, 0.25) is 0 Å². The smallest absolute Gasteiger partial charge is 0.227 e. The number of aromatic hydroxyl groups is 1. The van der Waals surface area contributed by atoms with E-state index < -0.39 is 0 Å². The number of phenolic OH excluding ortho intramolecular Hbond substituents is 1. The molecule has 0 aromatic heterocycles. The summed E-state index contributed by atoms with van der Waals surface area (Å²) in [5, 5.41) is 12.7. The van der Waals surface area contributed by atoms with E-state index in [1.54, 1.807) is 18.2 Å². The maximum atomic E-state index is 12.5. The van der Waals surface area contributed by atoms with Crippen molar-refractivity contribution in [1.29, 1.82) is 0 Å². The van der Waals surface area contributed by atoms with Crippen LogP contribution in [0.3, 0.4) is 0 Å². The molecule has 5 heteroatoms. The summed E-state index contributed by atoms with van der Waals surface area (Å²) in [5.74, 6) is -0.00751. The SMILES string of the molecule is Cc1ccc(O)c(NC(=O)C2CCN(C(=O)CCc3ccccc3)CC2)c1. The molecule has 0 spiro atoms. The molecule has 0 aliphatic carbocycles. The lowest BCUT2D eigenvalue weighted by Gasteiger charge is -2.31. The number of piperidine rings is 1. The van der Waals surface area contributed by atoms with E-state index in [-0.39, 0.29) is 23.5 Å². The Balaban J connectivity index is 1.47. The van der Waals surface area contributed by atoms with E-state index in [9.17, 15) is 14.7 Å². The number of nitrogens with one attached hydrogen (secondary N) is 1. The quantitative estimate of drug-likeness (QED) is 0.796. The maximum Gasteiger partial charge on any atom is 0.227 e. The Hall–Kier alpha value is -2.82. The van der Waals surface area contributed by atoms with E-state index in [1.807, 2.05) is 42.2 Å². The second-order valence-electron chi connectivity index (χ2n) is 7.15. The fourth-order valence-corrected chi connectivity index (χ4v) is 3.43. The van der Waals surface area contributed by atoms with E-state index in [0.29, 0.717) is 38.0 Å². The van der Waals surface area contributed by atoms with E-state index >= 15 is 0 Å². The summed E-state index contributed by atoms with van der Waals surface area (Å²) >= 11 is 0. The molecule has 2 aromatic carbocycles. The van der Waals surface area contributed by atoms with Gasteiger partial charge in [0, 0.05) is 25.4 Å². The summed E-state index contributed by atoms with van der Waals surface area (Å²) in [7, 11) is 0. The molecular weight excluding hydrogens is 340 g/mol. The topological polar surface area (TPSA) is 69.6 Å². The molecule has 2 amide bonds. The van der Waals surface area contributed by atoms with Gasteiger partial charge in [0.15, 0.2) is 0 Å². The van der Waals surface area contributed by atoms with E-state index in [2.05, 4.69) is 5.32 Å². The molecule has 0 saturated carbocycles. The maximum absolute atomic E-state index is 12.5. The first-order valence-corrected chi connectivity index (χ1v) is 9.45. The third kappa shape index (κ3) is 5.09. The number of likely N-dealkylation sites (tertiary alicyclic amines) is 1. The van der Waals surface area contributed by atoms with Gasteiger partial charge in [-0.1, -0.05) is 36.4 Å². The number of amides is 2. The molecule has 0 bridgehead atoms. The Morgan fingerprint density at radius 3 is 2.52 bits per heavy atom. The molecule has 1 saturated heterocycles. The monoisotopic (exact) mass is 366 g/mol. The molecule has 142 valence electrons. The van der Waals surface area contributed by atoms with Crippen molar-refractivity contribution in [1.82, 2.24) is 4.90 Å². The van der Waals surface area contributed by atoms with Gasteiger partial charge in [-0.2, -0.15) is 0 Å². The molecule has 3 rings (SSSR count). The number of nitrogens with zero attached hydrogens (tertiary/aromatic N) is 1. The first-order chi connectivity index (χ1) is 13.0. The van der Waals surface area contributed by atoms with E-state index in [1.165, 1.54) is 0 Å². The summed E-state index contributed by atoms with van der Waals surface area (Å²) < 4.78 is 0. The standard InChI is InChI=1S/C22H26N2O3/c1-16-7-9-20(25)19(15-16)23-22(27)18-11-13-24(14-12-18)21(26)10-8-17-5-3-2-4-6-17/h2-7,9,15,18,25H,8,10-14H2,1H3,(H,23,27). The Morgan fingerprint density at radius 1 is 1.11 bits per heavy atom. The van der Waals surface area contributed by atoms with Crippen molar-refractivity contribution in [2.24, 2.45) is 5.92 Å². The van der Waals surface area contributed by atoms with Crippen molar-refractivity contribution in [3.8, 4) is 5.75 Å². The normalized spacial score (nSPS) is 14.8. The predicted octanol–water partition coefficient (Wildman–Crippen LogP) is 3.51. The van der Waals surface area contributed by atoms with Gasteiger partial charge >= 0.3 is 0 Å². The molecule has 1 fully saturated rings. The number of anilines is 1. The highest BCUT2D eigenvalue weighted by atomic mass is 16.3. The van der Waals surface area contributed by atoms with Gasteiger partial charge in [0.25, 0.3) is 0 Å². The predicted molar refractivity (Wildman–Crippen MR) is 106 cm³/mol. The number of hydrogen-bond donors (Lipinski definition) is 2. The number of phenols is 1. The van der Waals surface area contributed by atoms with Crippen LogP contribution < -0.4 is 5.32 Å². The molecule has 0 atom stereocenters. The summed E-state index contributed by atoms with van der Waals surface area (Å²) in [4.78, 5) is 26.8. The van der Waals surface area contributed by atoms with Crippen LogP contribution in [0.4, 0.5) is 5.69 Å². The third-order valence-electron chi connectivity index (χ3n) is 5.10. The van der Waals surface area contributed by atoms with Crippen LogP contribution in [0.5, 0.6) is 5.75 Å². The number of carbonyl (C=O) groups excluding carboxylic acids is 2. The molecule has 5 nitrogen and oxygen atoms in total. The van der Waals surface area contributed by atoms with Gasteiger partial charge in [0.2, 0.25) is 11.8 Å². The minimum Gasteiger partial charge on any atom is -0.506 e. The Morgan fingerprint density at radius 2 is 1.81 bits per heavy atom. The summed E-state index contributed by atoms with van der Waals surface area (Å²) in [6, 6.07) is 15.1. The van der Waals surface area contributed by atoms with Crippen molar-refractivity contribution < 1.29 is 14.7 Å².